The van der Waals surface area contributed by atoms with Crippen LogP contribution < -0.4 is 10.5 Å². The Morgan fingerprint density at radius 3 is 2.57 bits per heavy atom. The van der Waals surface area contributed by atoms with Crippen LogP contribution in [-0.4, -0.2) is 34.4 Å². The van der Waals surface area contributed by atoms with Crippen LogP contribution in [0.1, 0.15) is 0 Å². The smallest absolute Gasteiger partial charge is 0.398 e. The highest BCUT2D eigenvalue weighted by Crippen LogP contribution is 2.31. The van der Waals surface area contributed by atoms with Crippen LogP contribution in [-0.2, 0) is 14.8 Å². The van der Waals surface area contributed by atoms with Crippen molar-refractivity contribution in [2.45, 2.75) is 11.1 Å². The van der Waals surface area contributed by atoms with Crippen molar-refractivity contribution in [1.29, 1.82) is 0 Å². The van der Waals surface area contributed by atoms with Crippen LogP contribution in [0, 0.1) is 0 Å². The summed E-state index contributed by atoms with van der Waals surface area (Å²) in [6.45, 7) is -2.19. The van der Waals surface area contributed by atoms with Crippen LogP contribution in [0.2, 0.25) is 5.02 Å². The number of benzene rings is 1. The average Bonchev–Trinajstić information content (AvgIpc) is 2.31. The predicted molar refractivity (Wildman–Crippen MR) is 75.6 cm³/mol. The minimum Gasteiger partial charge on any atom is -0.398 e. The number of ether oxygens (including phenoxy) is 1. The summed E-state index contributed by atoms with van der Waals surface area (Å²) in [5, 5.41) is 0.115. The maximum absolute atomic E-state index is 12.0. The van der Waals surface area contributed by atoms with Gasteiger partial charge in [-0.05, 0) is 28.1 Å². The largest absolute Gasteiger partial charge is 0.411 e. The van der Waals surface area contributed by atoms with Crippen molar-refractivity contribution in [2.75, 3.05) is 25.5 Å². The third-order valence-electron chi connectivity index (χ3n) is 2.13. The summed E-state index contributed by atoms with van der Waals surface area (Å²) in [6, 6.07) is 2.53. The number of hydrogen-bond acceptors (Lipinski definition) is 4. The monoisotopic (exact) mass is 410 g/mol. The van der Waals surface area contributed by atoms with Gasteiger partial charge in [-0.1, -0.05) is 11.6 Å². The van der Waals surface area contributed by atoms with Crippen LogP contribution in [0.15, 0.2) is 21.5 Å². The van der Waals surface area contributed by atoms with Crippen molar-refractivity contribution in [2.24, 2.45) is 0 Å². The number of alkyl halides is 3. The van der Waals surface area contributed by atoms with Crippen molar-refractivity contribution in [3.63, 3.8) is 0 Å². The van der Waals surface area contributed by atoms with E-state index in [4.69, 9.17) is 17.3 Å². The second-order valence-corrected chi connectivity index (χ2v) is 6.84. The van der Waals surface area contributed by atoms with Crippen LogP contribution in [0.3, 0.4) is 0 Å². The minimum absolute atomic E-state index is 0.115. The van der Waals surface area contributed by atoms with Gasteiger partial charge >= 0.3 is 6.18 Å². The lowest BCUT2D eigenvalue weighted by Gasteiger charge is -2.11. The normalized spacial score (nSPS) is 12.6. The molecule has 0 saturated carbocycles. The Morgan fingerprint density at radius 2 is 2.00 bits per heavy atom. The van der Waals surface area contributed by atoms with E-state index in [1.807, 2.05) is 0 Å². The summed E-state index contributed by atoms with van der Waals surface area (Å²) in [6.07, 6.45) is -4.46. The minimum atomic E-state index is -4.46. The molecule has 1 rings (SSSR count). The third kappa shape index (κ3) is 5.99. The van der Waals surface area contributed by atoms with Gasteiger partial charge < -0.3 is 10.5 Å². The molecule has 0 bridgehead atoms. The molecule has 1 aromatic rings. The molecule has 0 spiro atoms. The van der Waals surface area contributed by atoms with Crippen molar-refractivity contribution in [3.05, 3.63) is 21.6 Å². The number of hydrogen-bond donors (Lipinski definition) is 2. The van der Waals surface area contributed by atoms with Crippen molar-refractivity contribution in [3.8, 4) is 0 Å². The molecule has 21 heavy (non-hydrogen) atoms. The second kappa shape index (κ2) is 7.14. The molecule has 3 N–H and O–H groups in total. The molecule has 1 aromatic carbocycles. The number of sulfonamides is 1. The Kier molecular flexibility index (Phi) is 6.29. The summed E-state index contributed by atoms with van der Waals surface area (Å²) < 4.78 is 66.0. The summed E-state index contributed by atoms with van der Waals surface area (Å²) >= 11 is 8.74. The lowest BCUT2D eigenvalue weighted by Crippen LogP contribution is -2.29. The molecule has 11 heteroatoms. The molecule has 0 aliphatic rings. The molecule has 0 aromatic heterocycles. The second-order valence-electron chi connectivity index (χ2n) is 3.87. The number of nitrogens with two attached hydrogens (primary N) is 1. The van der Waals surface area contributed by atoms with Gasteiger partial charge in [-0.3, -0.25) is 0 Å². The summed E-state index contributed by atoms with van der Waals surface area (Å²) in [5.74, 6) is 0. The SMILES string of the molecule is Nc1cc(Cl)cc(S(=O)(=O)NCCOCC(F)(F)F)c1Br. The van der Waals surface area contributed by atoms with Crippen LogP contribution in [0.25, 0.3) is 0 Å². The number of rotatable bonds is 6. The fourth-order valence-corrected chi connectivity index (χ4v) is 3.60. The van der Waals surface area contributed by atoms with E-state index in [2.05, 4.69) is 25.4 Å². The molecule has 120 valence electrons. The maximum Gasteiger partial charge on any atom is 0.411 e. The van der Waals surface area contributed by atoms with Crippen LogP contribution in [0.4, 0.5) is 18.9 Å². The highest BCUT2D eigenvalue weighted by molar-refractivity contribution is 9.10. The van der Waals surface area contributed by atoms with Gasteiger partial charge in [0.1, 0.15) is 6.61 Å². The zero-order chi connectivity index (χ0) is 16.3. The van der Waals surface area contributed by atoms with Crippen molar-refractivity contribution in [1.82, 2.24) is 4.72 Å². The average molecular weight is 412 g/mol. The molecule has 0 aliphatic carbocycles. The Balaban J connectivity index is 2.67. The van der Waals surface area contributed by atoms with Gasteiger partial charge in [0.15, 0.2) is 0 Å². The van der Waals surface area contributed by atoms with E-state index < -0.39 is 29.4 Å². The van der Waals surface area contributed by atoms with E-state index in [9.17, 15) is 21.6 Å². The Hall–Kier alpha value is -0.550. The molecule has 0 radical (unpaired) electrons. The quantitative estimate of drug-likeness (QED) is 0.557. The topological polar surface area (TPSA) is 81.4 Å². The Labute approximate surface area is 132 Å². The van der Waals surface area contributed by atoms with Crippen LogP contribution in [0.5, 0.6) is 0 Å². The molecule has 0 aliphatic heterocycles. The first-order valence-corrected chi connectivity index (χ1v) is 8.07. The van der Waals surface area contributed by atoms with Gasteiger partial charge in [-0.2, -0.15) is 13.2 Å². The van der Waals surface area contributed by atoms with Crippen molar-refractivity contribution < 1.29 is 26.3 Å². The summed E-state index contributed by atoms with van der Waals surface area (Å²) in [5.41, 5.74) is 5.69. The van der Waals surface area contributed by atoms with Gasteiger partial charge in [-0.15, -0.1) is 0 Å². The highest BCUT2D eigenvalue weighted by Gasteiger charge is 2.27. The van der Waals surface area contributed by atoms with Gasteiger partial charge in [0.25, 0.3) is 0 Å². The van der Waals surface area contributed by atoms with E-state index >= 15 is 0 Å². The molecule has 0 fully saturated rings. The lowest BCUT2D eigenvalue weighted by atomic mass is 10.3. The predicted octanol–water partition coefficient (Wildman–Crippen LogP) is 2.54. The van der Waals surface area contributed by atoms with E-state index in [1.54, 1.807) is 0 Å². The number of anilines is 1. The zero-order valence-corrected chi connectivity index (χ0v) is 13.5. The highest BCUT2D eigenvalue weighted by atomic mass is 79.9. The molecule has 5 nitrogen and oxygen atoms in total. The first-order chi connectivity index (χ1) is 9.53. The first-order valence-electron chi connectivity index (χ1n) is 5.41. The Bertz CT molecular complexity index is 610. The van der Waals surface area contributed by atoms with Crippen LogP contribution >= 0.6 is 27.5 Å². The maximum atomic E-state index is 12.0. The van der Waals surface area contributed by atoms with E-state index in [1.165, 1.54) is 12.1 Å². The van der Waals surface area contributed by atoms with E-state index in [-0.39, 0.29) is 26.6 Å². The lowest BCUT2D eigenvalue weighted by molar-refractivity contribution is -0.173. The first kappa shape index (κ1) is 18.5. The van der Waals surface area contributed by atoms with Gasteiger partial charge in [0, 0.05) is 17.3 Å². The van der Waals surface area contributed by atoms with Gasteiger partial charge in [-0.25, -0.2) is 13.1 Å². The number of nitrogen functional groups attached to an aromatic ring is 1. The number of nitrogens with one attached hydrogen (secondary N) is 1. The molecule has 0 unspecified atom stereocenters. The molecule has 0 atom stereocenters. The molecular formula is C10H11BrClF3N2O3S. The Morgan fingerprint density at radius 1 is 1.38 bits per heavy atom. The van der Waals surface area contributed by atoms with Gasteiger partial charge in [0.2, 0.25) is 10.0 Å². The molecular weight excluding hydrogens is 401 g/mol. The third-order valence-corrected chi connectivity index (χ3v) is 4.98. The van der Waals surface area contributed by atoms with Crippen molar-refractivity contribution >= 4 is 43.2 Å². The zero-order valence-electron chi connectivity index (χ0n) is 10.4. The molecule has 0 amide bonds. The fourth-order valence-electron chi connectivity index (χ4n) is 1.29. The molecule has 0 heterocycles. The molecule has 0 saturated heterocycles. The van der Waals surface area contributed by atoms with E-state index in [0.717, 1.165) is 0 Å². The standard InChI is InChI=1S/C10H11BrClF3N2O3S/c11-9-7(16)3-6(12)4-8(9)21(18,19)17-1-2-20-5-10(13,14)15/h3-4,17H,1-2,5,16H2. The fraction of sp³-hybridized carbons (Fsp3) is 0.400. The summed E-state index contributed by atoms with van der Waals surface area (Å²) in [7, 11) is -3.97. The van der Waals surface area contributed by atoms with E-state index in [0.29, 0.717) is 0 Å². The summed E-state index contributed by atoms with van der Waals surface area (Å²) in [4.78, 5) is -0.205. The van der Waals surface area contributed by atoms with Gasteiger partial charge in [0.05, 0.1) is 16.0 Å². The number of halogens is 5.